The number of anilines is 1. The second kappa shape index (κ2) is 5.52. The number of rotatable bonds is 1. The summed E-state index contributed by atoms with van der Waals surface area (Å²) in [5.41, 5.74) is 2.61. The van der Waals surface area contributed by atoms with Crippen LogP contribution in [0.4, 0.5) is 19.3 Å². The summed E-state index contributed by atoms with van der Waals surface area (Å²) in [6.45, 7) is 1.12. The van der Waals surface area contributed by atoms with Crippen LogP contribution < -0.4 is 5.32 Å². The van der Waals surface area contributed by atoms with Gasteiger partial charge < -0.3 is 10.2 Å². The lowest BCUT2D eigenvalue weighted by Crippen LogP contribution is -2.38. The smallest absolute Gasteiger partial charge is 0.320 e. The molecule has 2 amide bonds. The first-order valence-electron chi connectivity index (χ1n) is 6.71. The highest BCUT2D eigenvalue weighted by molar-refractivity contribution is 5.89. The van der Waals surface area contributed by atoms with Crippen molar-refractivity contribution in [2.24, 2.45) is 0 Å². The van der Waals surface area contributed by atoms with E-state index in [1.807, 2.05) is 18.2 Å². The van der Waals surface area contributed by atoms with E-state index in [-0.39, 0.29) is 11.7 Å². The predicted molar refractivity (Wildman–Crippen MR) is 75.9 cm³/mol. The van der Waals surface area contributed by atoms with Crippen LogP contribution in [0.2, 0.25) is 0 Å². The Hall–Kier alpha value is -2.43. The Morgan fingerprint density at radius 1 is 1.05 bits per heavy atom. The first-order valence-corrected chi connectivity index (χ1v) is 6.71. The third-order valence-electron chi connectivity index (χ3n) is 3.59. The zero-order chi connectivity index (χ0) is 14.8. The second-order valence-corrected chi connectivity index (χ2v) is 5.00. The van der Waals surface area contributed by atoms with Gasteiger partial charge in [0, 0.05) is 24.8 Å². The van der Waals surface area contributed by atoms with Crippen molar-refractivity contribution < 1.29 is 13.6 Å². The highest BCUT2D eigenvalue weighted by Crippen LogP contribution is 2.20. The van der Waals surface area contributed by atoms with Crippen molar-refractivity contribution in [1.29, 1.82) is 0 Å². The molecule has 0 aliphatic carbocycles. The van der Waals surface area contributed by atoms with Gasteiger partial charge in [-0.05, 0) is 29.7 Å². The number of carbonyl (C=O) groups is 1. The van der Waals surface area contributed by atoms with Crippen molar-refractivity contribution >= 4 is 11.7 Å². The molecule has 1 heterocycles. The minimum Gasteiger partial charge on any atom is -0.320 e. The Labute approximate surface area is 121 Å². The van der Waals surface area contributed by atoms with Gasteiger partial charge in [-0.2, -0.15) is 0 Å². The van der Waals surface area contributed by atoms with Gasteiger partial charge in [-0.15, -0.1) is 0 Å². The summed E-state index contributed by atoms with van der Waals surface area (Å²) in [5, 5.41) is 2.59. The maximum atomic E-state index is 13.1. The van der Waals surface area contributed by atoms with Gasteiger partial charge in [0.2, 0.25) is 0 Å². The van der Waals surface area contributed by atoms with Crippen LogP contribution in [0.5, 0.6) is 0 Å². The van der Waals surface area contributed by atoms with Crippen LogP contribution in [0.15, 0.2) is 42.5 Å². The van der Waals surface area contributed by atoms with Gasteiger partial charge in [0.05, 0.1) is 0 Å². The summed E-state index contributed by atoms with van der Waals surface area (Å²) in [4.78, 5) is 13.8. The molecule has 1 N–H and O–H groups in total. The lowest BCUT2D eigenvalue weighted by Gasteiger charge is -2.28. The Bertz CT molecular complexity index is 688. The summed E-state index contributed by atoms with van der Waals surface area (Å²) < 4.78 is 26.0. The Morgan fingerprint density at radius 2 is 1.81 bits per heavy atom. The van der Waals surface area contributed by atoms with Crippen LogP contribution in [0.1, 0.15) is 11.1 Å². The number of hydrogen-bond acceptors (Lipinski definition) is 1. The number of hydrogen-bond donors (Lipinski definition) is 1. The van der Waals surface area contributed by atoms with Crippen molar-refractivity contribution in [2.45, 2.75) is 13.0 Å². The van der Waals surface area contributed by atoms with Crippen LogP contribution >= 0.6 is 0 Å². The average molecular weight is 288 g/mol. The van der Waals surface area contributed by atoms with Gasteiger partial charge in [0.15, 0.2) is 11.6 Å². The summed E-state index contributed by atoms with van der Waals surface area (Å²) in [5.74, 6) is -1.91. The quantitative estimate of drug-likeness (QED) is 0.855. The highest BCUT2D eigenvalue weighted by Gasteiger charge is 2.20. The predicted octanol–water partition coefficient (Wildman–Crippen LogP) is 3.56. The van der Waals surface area contributed by atoms with Crippen LogP contribution in [0.3, 0.4) is 0 Å². The average Bonchev–Trinajstić information content (AvgIpc) is 2.50. The van der Waals surface area contributed by atoms with Crippen LogP contribution in [-0.2, 0) is 13.0 Å². The molecule has 1 aliphatic heterocycles. The number of fused-ring (bicyclic) bond motifs is 1. The summed E-state index contributed by atoms with van der Waals surface area (Å²) in [6, 6.07) is 11.0. The van der Waals surface area contributed by atoms with Crippen molar-refractivity contribution in [1.82, 2.24) is 4.90 Å². The topological polar surface area (TPSA) is 32.3 Å². The molecule has 0 fully saturated rings. The third-order valence-corrected chi connectivity index (χ3v) is 3.59. The van der Waals surface area contributed by atoms with Gasteiger partial charge in [-0.1, -0.05) is 24.3 Å². The normalized spacial score (nSPS) is 13.7. The highest BCUT2D eigenvalue weighted by atomic mass is 19.2. The largest absolute Gasteiger partial charge is 0.322 e. The molecule has 0 aromatic heterocycles. The summed E-state index contributed by atoms with van der Waals surface area (Å²) >= 11 is 0. The first kappa shape index (κ1) is 13.5. The molecule has 0 atom stereocenters. The molecule has 5 heteroatoms. The van der Waals surface area contributed by atoms with Crippen LogP contribution in [0.25, 0.3) is 0 Å². The molecule has 3 rings (SSSR count). The van der Waals surface area contributed by atoms with E-state index in [0.717, 1.165) is 24.1 Å². The lowest BCUT2D eigenvalue weighted by molar-refractivity contribution is 0.206. The fourth-order valence-corrected chi connectivity index (χ4v) is 2.45. The lowest BCUT2D eigenvalue weighted by atomic mass is 10.0. The zero-order valence-corrected chi connectivity index (χ0v) is 11.3. The molecule has 0 saturated carbocycles. The minimum atomic E-state index is -0.975. The molecular formula is C16H14F2N2O. The van der Waals surface area contributed by atoms with E-state index < -0.39 is 11.6 Å². The van der Waals surface area contributed by atoms with E-state index >= 15 is 0 Å². The fraction of sp³-hybridized carbons (Fsp3) is 0.188. The molecule has 2 aromatic carbocycles. The molecule has 108 valence electrons. The number of nitrogens with zero attached hydrogens (tertiary/aromatic N) is 1. The Morgan fingerprint density at radius 3 is 2.57 bits per heavy atom. The monoisotopic (exact) mass is 288 g/mol. The maximum Gasteiger partial charge on any atom is 0.322 e. The SMILES string of the molecule is O=C(Nc1ccc(F)c(F)c1)N1CCc2ccccc2C1. The summed E-state index contributed by atoms with van der Waals surface area (Å²) in [6.07, 6.45) is 0.793. The number of nitrogens with one attached hydrogen (secondary N) is 1. The molecule has 2 aromatic rings. The van der Waals surface area contributed by atoms with Gasteiger partial charge in [-0.3, -0.25) is 0 Å². The standard InChI is InChI=1S/C16H14F2N2O/c17-14-6-5-13(9-15(14)18)19-16(21)20-8-7-11-3-1-2-4-12(11)10-20/h1-6,9H,7-8,10H2,(H,19,21). The van der Waals surface area contributed by atoms with Crippen molar-refractivity contribution in [3.63, 3.8) is 0 Å². The van der Waals surface area contributed by atoms with E-state index in [1.165, 1.54) is 11.6 Å². The number of carbonyl (C=O) groups excluding carboxylic acids is 1. The first-order chi connectivity index (χ1) is 10.1. The van der Waals surface area contributed by atoms with Crippen molar-refractivity contribution in [3.8, 4) is 0 Å². The van der Waals surface area contributed by atoms with Gasteiger partial charge >= 0.3 is 6.03 Å². The van der Waals surface area contributed by atoms with Gasteiger partial charge in [0.1, 0.15) is 0 Å². The molecule has 0 spiro atoms. The molecule has 0 bridgehead atoms. The van der Waals surface area contributed by atoms with E-state index in [1.54, 1.807) is 4.90 Å². The van der Waals surface area contributed by atoms with E-state index in [9.17, 15) is 13.6 Å². The molecule has 0 unspecified atom stereocenters. The van der Waals surface area contributed by atoms with E-state index in [4.69, 9.17) is 0 Å². The minimum absolute atomic E-state index is 0.248. The zero-order valence-electron chi connectivity index (χ0n) is 11.3. The second-order valence-electron chi connectivity index (χ2n) is 5.00. The molecule has 21 heavy (non-hydrogen) atoms. The molecular weight excluding hydrogens is 274 g/mol. The summed E-state index contributed by atoms with van der Waals surface area (Å²) in [7, 11) is 0. The number of halogens is 2. The Kier molecular flexibility index (Phi) is 3.56. The van der Waals surface area contributed by atoms with Gasteiger partial charge in [-0.25, -0.2) is 13.6 Å². The van der Waals surface area contributed by atoms with Crippen molar-refractivity contribution in [2.75, 3.05) is 11.9 Å². The van der Waals surface area contributed by atoms with Crippen molar-refractivity contribution in [3.05, 3.63) is 65.2 Å². The van der Waals surface area contributed by atoms with Gasteiger partial charge in [0.25, 0.3) is 0 Å². The third kappa shape index (κ3) is 2.86. The maximum absolute atomic E-state index is 13.1. The number of urea groups is 1. The molecule has 0 radical (unpaired) electrons. The number of benzene rings is 2. The fourth-order valence-electron chi connectivity index (χ4n) is 2.45. The number of amides is 2. The van der Waals surface area contributed by atoms with E-state index in [0.29, 0.717) is 13.1 Å². The Balaban J connectivity index is 1.70. The molecule has 3 nitrogen and oxygen atoms in total. The molecule has 1 aliphatic rings. The van der Waals surface area contributed by atoms with Crippen LogP contribution in [-0.4, -0.2) is 17.5 Å². The van der Waals surface area contributed by atoms with E-state index in [2.05, 4.69) is 11.4 Å². The molecule has 0 saturated heterocycles. The van der Waals surface area contributed by atoms with Crippen LogP contribution in [0, 0.1) is 11.6 Å².